The van der Waals surface area contributed by atoms with Crippen LogP contribution in [0.4, 0.5) is 0 Å². The van der Waals surface area contributed by atoms with Gasteiger partial charge < -0.3 is 16.3 Å². The number of oxime groups is 1. The first-order valence-corrected chi connectivity index (χ1v) is 6.96. The summed E-state index contributed by atoms with van der Waals surface area (Å²) in [5.41, 5.74) is 5.37. The van der Waals surface area contributed by atoms with E-state index in [2.05, 4.69) is 20.1 Å². The Morgan fingerprint density at radius 3 is 2.50 bits per heavy atom. The van der Waals surface area contributed by atoms with Gasteiger partial charge in [-0.2, -0.15) is 0 Å². The zero-order valence-electron chi connectivity index (χ0n) is 12.4. The van der Waals surface area contributed by atoms with Crippen molar-refractivity contribution in [1.82, 2.24) is 14.9 Å². The number of carbonyl (C=O) groups is 1. The predicted octanol–water partition coefficient (Wildman–Crippen LogP) is 1.34. The molecule has 0 saturated heterocycles. The number of nitrogens with two attached hydrogens (primary N) is 1. The Hall–Kier alpha value is -1.70. The van der Waals surface area contributed by atoms with Gasteiger partial charge in [0, 0.05) is 17.4 Å². The molecule has 0 aromatic carbocycles. The van der Waals surface area contributed by atoms with E-state index in [0.717, 1.165) is 11.5 Å². The summed E-state index contributed by atoms with van der Waals surface area (Å²) in [5.74, 6) is -0.181. The van der Waals surface area contributed by atoms with Crippen molar-refractivity contribution in [1.29, 1.82) is 0 Å². The first-order chi connectivity index (χ1) is 9.09. The molecule has 0 radical (unpaired) electrons. The van der Waals surface area contributed by atoms with Crippen molar-refractivity contribution in [2.45, 2.75) is 40.0 Å². The minimum absolute atomic E-state index is 0.0660. The van der Waals surface area contributed by atoms with Crippen LogP contribution < -0.4 is 11.1 Å². The lowest BCUT2D eigenvalue weighted by molar-refractivity contribution is 0.0946. The molecule has 0 aliphatic carbocycles. The summed E-state index contributed by atoms with van der Waals surface area (Å²) in [5, 5.41) is 18.5. The maximum Gasteiger partial charge on any atom is 0.265 e. The summed E-state index contributed by atoms with van der Waals surface area (Å²) in [6.45, 7) is 9.72. The number of aromatic nitrogens is 2. The highest BCUT2D eigenvalue weighted by Crippen LogP contribution is 2.25. The normalized spacial score (nSPS) is 13.3. The van der Waals surface area contributed by atoms with Crippen LogP contribution >= 0.6 is 11.5 Å². The Balaban J connectivity index is 2.82. The predicted molar refractivity (Wildman–Crippen MR) is 78.1 cm³/mol. The molecule has 0 saturated carbocycles. The lowest BCUT2D eigenvalue weighted by atomic mass is 9.90. The van der Waals surface area contributed by atoms with Crippen LogP contribution in [0.15, 0.2) is 5.16 Å². The second-order valence-corrected chi connectivity index (χ2v) is 7.01. The minimum atomic E-state index is -0.635. The van der Waals surface area contributed by atoms with Gasteiger partial charge in [0.15, 0.2) is 0 Å². The number of amides is 1. The van der Waals surface area contributed by atoms with Gasteiger partial charge in [-0.15, -0.1) is 5.10 Å². The summed E-state index contributed by atoms with van der Waals surface area (Å²) in [4.78, 5) is 12.7. The Morgan fingerprint density at radius 2 is 2.00 bits per heavy atom. The molecule has 0 unspecified atom stereocenters. The van der Waals surface area contributed by atoms with E-state index in [0.29, 0.717) is 10.6 Å². The molecule has 112 valence electrons. The SMILES string of the molecule is CC(C)(CNC(=O)c1snnc1C(C)(C)C)C(N)=NO. The van der Waals surface area contributed by atoms with E-state index in [1.54, 1.807) is 13.8 Å². The van der Waals surface area contributed by atoms with E-state index in [-0.39, 0.29) is 23.7 Å². The van der Waals surface area contributed by atoms with Crippen molar-refractivity contribution in [3.8, 4) is 0 Å². The van der Waals surface area contributed by atoms with Crippen LogP contribution in [0.5, 0.6) is 0 Å². The highest BCUT2D eigenvalue weighted by molar-refractivity contribution is 7.08. The van der Waals surface area contributed by atoms with Gasteiger partial charge in [-0.05, 0) is 11.5 Å². The highest BCUT2D eigenvalue weighted by Gasteiger charge is 2.29. The average Bonchev–Trinajstić information content (AvgIpc) is 2.84. The van der Waals surface area contributed by atoms with Crippen LogP contribution in [-0.4, -0.2) is 33.1 Å². The van der Waals surface area contributed by atoms with Crippen molar-refractivity contribution in [3.63, 3.8) is 0 Å². The molecule has 1 aromatic rings. The number of nitrogens with one attached hydrogen (secondary N) is 1. The number of hydrogen-bond donors (Lipinski definition) is 3. The molecule has 0 aliphatic heterocycles. The van der Waals surface area contributed by atoms with Crippen LogP contribution in [0.1, 0.15) is 50.0 Å². The monoisotopic (exact) mass is 299 g/mol. The van der Waals surface area contributed by atoms with E-state index in [1.807, 2.05) is 20.8 Å². The summed E-state index contributed by atoms with van der Waals surface area (Å²) < 4.78 is 3.85. The second-order valence-electron chi connectivity index (χ2n) is 6.25. The average molecular weight is 299 g/mol. The van der Waals surface area contributed by atoms with Crippen LogP contribution in [0.2, 0.25) is 0 Å². The van der Waals surface area contributed by atoms with Gasteiger partial charge in [0.1, 0.15) is 10.7 Å². The molecule has 1 heterocycles. The molecule has 0 fully saturated rings. The Labute approximate surface area is 122 Å². The molecule has 4 N–H and O–H groups in total. The van der Waals surface area contributed by atoms with Crippen LogP contribution in [-0.2, 0) is 5.41 Å². The van der Waals surface area contributed by atoms with Gasteiger partial charge in [0.25, 0.3) is 5.91 Å². The van der Waals surface area contributed by atoms with Gasteiger partial charge in [-0.25, -0.2) is 0 Å². The zero-order valence-corrected chi connectivity index (χ0v) is 13.2. The molecule has 0 bridgehead atoms. The van der Waals surface area contributed by atoms with E-state index in [9.17, 15) is 4.79 Å². The van der Waals surface area contributed by atoms with Gasteiger partial charge in [0.05, 0.1) is 5.69 Å². The third-order valence-electron chi connectivity index (χ3n) is 2.90. The Morgan fingerprint density at radius 1 is 1.40 bits per heavy atom. The quantitative estimate of drug-likeness (QED) is 0.336. The molecular weight excluding hydrogens is 278 g/mol. The summed E-state index contributed by atoms with van der Waals surface area (Å²) >= 11 is 1.07. The molecule has 1 rings (SSSR count). The summed E-state index contributed by atoms with van der Waals surface area (Å²) in [7, 11) is 0. The molecular formula is C12H21N5O2S. The molecule has 0 spiro atoms. The lowest BCUT2D eigenvalue weighted by Crippen LogP contribution is -2.42. The van der Waals surface area contributed by atoms with Gasteiger partial charge in [-0.3, -0.25) is 4.79 Å². The van der Waals surface area contributed by atoms with Gasteiger partial charge >= 0.3 is 0 Å². The fourth-order valence-electron chi connectivity index (χ4n) is 1.44. The van der Waals surface area contributed by atoms with Crippen LogP contribution in [0.3, 0.4) is 0 Å². The first-order valence-electron chi connectivity index (χ1n) is 6.18. The number of hydrogen-bond acceptors (Lipinski definition) is 6. The van der Waals surface area contributed by atoms with E-state index < -0.39 is 5.41 Å². The summed E-state index contributed by atoms with van der Waals surface area (Å²) in [6, 6.07) is 0. The number of amidine groups is 1. The van der Waals surface area contributed by atoms with Gasteiger partial charge in [0.2, 0.25) is 0 Å². The van der Waals surface area contributed by atoms with E-state index >= 15 is 0 Å². The van der Waals surface area contributed by atoms with E-state index in [4.69, 9.17) is 10.9 Å². The van der Waals surface area contributed by atoms with Crippen LogP contribution in [0, 0.1) is 5.41 Å². The third kappa shape index (κ3) is 3.66. The van der Waals surface area contributed by atoms with Crippen molar-refractivity contribution >= 4 is 23.3 Å². The van der Waals surface area contributed by atoms with Crippen molar-refractivity contribution < 1.29 is 10.0 Å². The summed E-state index contributed by atoms with van der Waals surface area (Å²) in [6.07, 6.45) is 0. The maximum atomic E-state index is 12.2. The number of rotatable bonds is 4. The van der Waals surface area contributed by atoms with E-state index in [1.165, 1.54) is 0 Å². The number of nitrogens with zero attached hydrogens (tertiary/aromatic N) is 3. The van der Waals surface area contributed by atoms with Gasteiger partial charge in [-0.1, -0.05) is 44.3 Å². The lowest BCUT2D eigenvalue weighted by Gasteiger charge is -2.23. The first kappa shape index (κ1) is 16.4. The topological polar surface area (TPSA) is 113 Å². The second kappa shape index (κ2) is 5.74. The van der Waals surface area contributed by atoms with Crippen LogP contribution in [0.25, 0.3) is 0 Å². The minimum Gasteiger partial charge on any atom is -0.409 e. The van der Waals surface area contributed by atoms with Crippen molar-refractivity contribution in [3.05, 3.63) is 10.6 Å². The highest BCUT2D eigenvalue weighted by atomic mass is 32.1. The molecule has 20 heavy (non-hydrogen) atoms. The largest absolute Gasteiger partial charge is 0.409 e. The molecule has 0 atom stereocenters. The standard InChI is InChI=1S/C12H21N5O2S/c1-11(2,3)8-7(20-17-15-8)9(18)14-6-12(4,5)10(13)16-19/h19H,6H2,1-5H3,(H2,13,16)(H,14,18). The zero-order chi connectivity index (χ0) is 15.6. The molecule has 1 aromatic heterocycles. The fraction of sp³-hybridized carbons (Fsp3) is 0.667. The molecule has 0 aliphatic rings. The van der Waals surface area contributed by atoms with Crippen molar-refractivity contribution in [2.24, 2.45) is 16.3 Å². The molecule has 8 heteroatoms. The molecule has 7 nitrogen and oxygen atoms in total. The third-order valence-corrected chi connectivity index (χ3v) is 3.62. The Kier molecular flexibility index (Phi) is 4.69. The molecule has 1 amide bonds. The maximum absolute atomic E-state index is 12.2. The number of carbonyl (C=O) groups excluding carboxylic acids is 1. The van der Waals surface area contributed by atoms with Crippen molar-refractivity contribution in [2.75, 3.05) is 6.54 Å². The smallest absolute Gasteiger partial charge is 0.265 e. The Bertz CT molecular complexity index is 516. The fourth-order valence-corrected chi connectivity index (χ4v) is 2.23.